The number of rotatable bonds is 0. The zero-order valence-electron chi connectivity index (χ0n) is 10.7. The van der Waals surface area contributed by atoms with Crippen LogP contribution in [-0.4, -0.2) is 9.55 Å². The van der Waals surface area contributed by atoms with Crippen LogP contribution in [0.5, 0.6) is 0 Å². The minimum absolute atomic E-state index is 0.226. The van der Waals surface area contributed by atoms with Crippen molar-refractivity contribution in [3.63, 3.8) is 0 Å². The average molecular weight is 226 g/mol. The molecule has 1 aromatic carbocycles. The van der Waals surface area contributed by atoms with Gasteiger partial charge in [-0.1, -0.05) is 32.9 Å². The van der Waals surface area contributed by atoms with Gasteiger partial charge >= 0.3 is 0 Å². The van der Waals surface area contributed by atoms with E-state index >= 15 is 0 Å². The molecule has 0 unspecified atom stereocenters. The first kappa shape index (κ1) is 10.6. The number of aromatic nitrogens is 2. The number of hydrogen-bond donors (Lipinski definition) is 0. The molecule has 0 atom stereocenters. The minimum atomic E-state index is 0.226. The van der Waals surface area contributed by atoms with Gasteiger partial charge in [0, 0.05) is 24.5 Å². The van der Waals surface area contributed by atoms with Crippen LogP contribution in [0, 0.1) is 0 Å². The van der Waals surface area contributed by atoms with Gasteiger partial charge in [0.05, 0.1) is 0 Å². The van der Waals surface area contributed by atoms with Gasteiger partial charge in [-0.3, -0.25) is 0 Å². The van der Waals surface area contributed by atoms with E-state index in [1.54, 1.807) is 0 Å². The Morgan fingerprint density at radius 1 is 1.18 bits per heavy atom. The first-order valence-electron chi connectivity index (χ1n) is 6.22. The van der Waals surface area contributed by atoms with Crippen molar-refractivity contribution < 1.29 is 0 Å². The van der Waals surface area contributed by atoms with E-state index in [0.717, 1.165) is 12.8 Å². The van der Waals surface area contributed by atoms with Gasteiger partial charge < -0.3 is 4.57 Å². The number of imidazole rings is 1. The molecule has 1 aromatic heterocycles. The van der Waals surface area contributed by atoms with Crippen molar-refractivity contribution in [2.24, 2.45) is 0 Å². The number of aryl methyl sites for hydroxylation is 2. The van der Waals surface area contributed by atoms with E-state index in [-0.39, 0.29) is 5.41 Å². The van der Waals surface area contributed by atoms with Crippen LogP contribution >= 0.6 is 0 Å². The van der Waals surface area contributed by atoms with Gasteiger partial charge in [0.1, 0.15) is 5.82 Å². The van der Waals surface area contributed by atoms with Crippen molar-refractivity contribution >= 4 is 0 Å². The monoisotopic (exact) mass is 226 g/mol. The Hall–Kier alpha value is -1.57. The third-order valence-corrected chi connectivity index (χ3v) is 3.54. The number of hydrogen-bond acceptors (Lipinski definition) is 1. The van der Waals surface area contributed by atoms with Crippen molar-refractivity contribution in [2.75, 3.05) is 0 Å². The predicted molar refractivity (Wildman–Crippen MR) is 69.7 cm³/mol. The second-order valence-corrected chi connectivity index (χ2v) is 5.81. The lowest BCUT2D eigenvalue weighted by atomic mass is 9.85. The molecular formula is C15H18N2. The average Bonchev–Trinajstić information content (AvgIpc) is 2.75. The highest BCUT2D eigenvalue weighted by atomic mass is 15.1. The summed E-state index contributed by atoms with van der Waals surface area (Å²) >= 11 is 0. The molecule has 2 heteroatoms. The maximum Gasteiger partial charge on any atom is 0.113 e. The summed E-state index contributed by atoms with van der Waals surface area (Å²) in [4.78, 5) is 4.39. The van der Waals surface area contributed by atoms with E-state index in [2.05, 4.69) is 54.7 Å². The molecule has 2 heterocycles. The number of benzene rings is 1. The molecular weight excluding hydrogens is 208 g/mol. The van der Waals surface area contributed by atoms with Gasteiger partial charge in [-0.2, -0.15) is 0 Å². The van der Waals surface area contributed by atoms with Crippen LogP contribution < -0.4 is 0 Å². The molecule has 17 heavy (non-hydrogen) atoms. The molecule has 0 bridgehead atoms. The second-order valence-electron chi connectivity index (χ2n) is 5.81. The summed E-state index contributed by atoms with van der Waals surface area (Å²) in [6, 6.07) is 6.84. The van der Waals surface area contributed by atoms with E-state index in [1.807, 2.05) is 6.20 Å². The number of nitrogens with zero attached hydrogens (tertiary/aromatic N) is 2. The Kier molecular flexibility index (Phi) is 2.15. The Labute approximate surface area is 102 Å². The summed E-state index contributed by atoms with van der Waals surface area (Å²) in [5.74, 6) is 1.18. The van der Waals surface area contributed by atoms with Crippen molar-refractivity contribution in [1.82, 2.24) is 9.55 Å². The first-order valence-corrected chi connectivity index (χ1v) is 6.22. The zero-order valence-corrected chi connectivity index (χ0v) is 10.7. The van der Waals surface area contributed by atoms with E-state index in [1.165, 1.54) is 22.6 Å². The lowest BCUT2D eigenvalue weighted by Crippen LogP contribution is -2.16. The molecule has 0 N–H and O–H groups in total. The van der Waals surface area contributed by atoms with Gasteiger partial charge in [0.15, 0.2) is 0 Å². The van der Waals surface area contributed by atoms with E-state index in [0.29, 0.717) is 0 Å². The summed E-state index contributed by atoms with van der Waals surface area (Å²) < 4.78 is 2.21. The Morgan fingerprint density at radius 3 is 2.76 bits per heavy atom. The highest BCUT2D eigenvalue weighted by Crippen LogP contribution is 2.29. The van der Waals surface area contributed by atoms with Crippen LogP contribution in [0.25, 0.3) is 5.69 Å². The van der Waals surface area contributed by atoms with Crippen molar-refractivity contribution in [2.45, 2.75) is 39.0 Å². The van der Waals surface area contributed by atoms with Crippen LogP contribution in [0.2, 0.25) is 0 Å². The molecule has 0 aliphatic carbocycles. The topological polar surface area (TPSA) is 17.8 Å². The van der Waals surface area contributed by atoms with Crippen molar-refractivity contribution in [3.8, 4) is 5.69 Å². The Balaban J connectivity index is 2.14. The van der Waals surface area contributed by atoms with Gasteiger partial charge in [0.2, 0.25) is 0 Å². The first-order chi connectivity index (χ1) is 8.05. The molecule has 0 amide bonds. The fraction of sp³-hybridized carbons (Fsp3) is 0.400. The van der Waals surface area contributed by atoms with Gasteiger partial charge in [-0.25, -0.2) is 4.98 Å². The maximum absolute atomic E-state index is 4.39. The largest absolute Gasteiger partial charge is 0.303 e. The van der Waals surface area contributed by atoms with Crippen LogP contribution in [0.15, 0.2) is 30.6 Å². The summed E-state index contributed by atoms with van der Waals surface area (Å²) in [7, 11) is 0. The molecule has 0 radical (unpaired) electrons. The van der Waals surface area contributed by atoms with Gasteiger partial charge in [-0.05, 0) is 29.0 Å². The summed E-state index contributed by atoms with van der Waals surface area (Å²) in [6.45, 7) is 6.79. The van der Waals surface area contributed by atoms with Crippen molar-refractivity contribution in [3.05, 3.63) is 47.5 Å². The smallest absolute Gasteiger partial charge is 0.113 e. The van der Waals surface area contributed by atoms with Crippen molar-refractivity contribution in [1.29, 1.82) is 0 Å². The van der Waals surface area contributed by atoms with Crippen LogP contribution in [0.3, 0.4) is 0 Å². The molecule has 88 valence electrons. The molecule has 3 rings (SSSR count). The van der Waals surface area contributed by atoms with E-state index in [9.17, 15) is 0 Å². The third kappa shape index (κ3) is 1.68. The minimum Gasteiger partial charge on any atom is -0.303 e. The lowest BCUT2D eigenvalue weighted by molar-refractivity contribution is 0.588. The quantitative estimate of drug-likeness (QED) is 0.674. The summed E-state index contributed by atoms with van der Waals surface area (Å²) in [5, 5.41) is 0. The van der Waals surface area contributed by atoms with Crippen LogP contribution in [-0.2, 0) is 18.3 Å². The fourth-order valence-corrected chi connectivity index (χ4v) is 2.47. The SMILES string of the molecule is CC(C)(C)c1ccc2c(c1)CCc1nccn1-2. The van der Waals surface area contributed by atoms with E-state index in [4.69, 9.17) is 0 Å². The fourth-order valence-electron chi connectivity index (χ4n) is 2.47. The predicted octanol–water partition coefficient (Wildman–Crippen LogP) is 3.27. The standard InChI is InChI=1S/C15H18N2/c1-15(2,3)12-5-6-13-11(10-12)4-7-14-16-8-9-17(13)14/h5-6,8-10H,4,7H2,1-3H3. The third-order valence-electron chi connectivity index (χ3n) is 3.54. The molecule has 0 saturated carbocycles. The summed E-state index contributed by atoms with van der Waals surface area (Å²) in [6.07, 6.45) is 6.11. The second kappa shape index (κ2) is 3.46. The summed E-state index contributed by atoms with van der Waals surface area (Å²) in [5.41, 5.74) is 4.39. The van der Waals surface area contributed by atoms with Gasteiger partial charge in [0.25, 0.3) is 0 Å². The highest BCUT2D eigenvalue weighted by molar-refractivity contribution is 5.48. The molecule has 1 aliphatic heterocycles. The number of fused-ring (bicyclic) bond motifs is 3. The molecule has 0 spiro atoms. The van der Waals surface area contributed by atoms with Crippen LogP contribution in [0.4, 0.5) is 0 Å². The molecule has 2 nitrogen and oxygen atoms in total. The molecule has 0 fully saturated rings. The maximum atomic E-state index is 4.39. The zero-order chi connectivity index (χ0) is 12.0. The van der Waals surface area contributed by atoms with Crippen LogP contribution in [0.1, 0.15) is 37.7 Å². The Morgan fingerprint density at radius 2 is 2.00 bits per heavy atom. The Bertz CT molecular complexity index is 559. The molecule has 0 saturated heterocycles. The lowest BCUT2D eigenvalue weighted by Gasteiger charge is -2.24. The molecule has 1 aliphatic rings. The molecule has 2 aromatic rings. The van der Waals surface area contributed by atoms with Gasteiger partial charge in [-0.15, -0.1) is 0 Å². The highest BCUT2D eigenvalue weighted by Gasteiger charge is 2.19. The van der Waals surface area contributed by atoms with E-state index < -0.39 is 0 Å². The normalized spacial score (nSPS) is 14.3.